The summed E-state index contributed by atoms with van der Waals surface area (Å²) in [6.45, 7) is 33.6. The average Bonchev–Trinajstić information content (AvgIpc) is 4.42. The number of ether oxygens (including phenoxy) is 2. The van der Waals surface area contributed by atoms with Crippen molar-refractivity contribution in [3.63, 3.8) is 0 Å². The van der Waals surface area contributed by atoms with E-state index in [9.17, 15) is 5.11 Å². The maximum Gasteiger partial charge on any atom is 0.110 e. The van der Waals surface area contributed by atoms with Crippen molar-refractivity contribution in [3.8, 4) is 0 Å². The third-order valence-electron chi connectivity index (χ3n) is 14.4. The van der Waals surface area contributed by atoms with Crippen LogP contribution in [0.5, 0.6) is 0 Å². The Hall–Kier alpha value is -5.95. The van der Waals surface area contributed by atoms with Gasteiger partial charge in [-0.25, -0.2) is 0 Å². The van der Waals surface area contributed by atoms with Gasteiger partial charge >= 0.3 is 0 Å². The van der Waals surface area contributed by atoms with Crippen LogP contribution in [0.1, 0.15) is 193 Å². The standard InChI is InChI=1S/C21H30N2O.C19H24N2.C9H11NO.C9H12O.C8H10N2.3C2H6.4H2/c1-6-8-11-18(21(13-14-21)24-7-2)16-17(3)23-20(4,5)19-12-9-10-15-22-19;1-18(2,20)17-10-6-7-15(13-17)14-21-19(11-12-19)16-8-4-3-5-9-16;1-11-9(5-6-9)8-4-2-3-7-10-8;1-9(2,10)8-6-4-3-5-7-8;9-8(4-5-8)7-3-1-2-6-10-7;3*1-2;;;;/h6,8-12,15-17,23H,1,7,13-14H2,2-5H3;3-10,13,21H,11-12,14,20H2,1-2H3;2-4,7H,5-6H2,1H3;3-7,10H,1-2H3;1-3,6H,4-5,9H2;3*1-2H3;4*1H/b11-8-,18-16+;;;;;;;;;;;. The monoisotopic (exact) mass is 1120 g/mol. The Bertz CT molecular complexity index is 2700. The molecule has 82 heavy (non-hydrogen) atoms. The second-order valence-electron chi connectivity index (χ2n) is 22.4. The van der Waals surface area contributed by atoms with E-state index in [4.69, 9.17) is 20.9 Å². The minimum Gasteiger partial charge on any atom is -0.386 e. The van der Waals surface area contributed by atoms with Crippen LogP contribution in [0.3, 0.4) is 0 Å². The minimum absolute atomic E-state index is 0. The highest BCUT2D eigenvalue weighted by Crippen LogP contribution is 2.48. The van der Waals surface area contributed by atoms with E-state index in [1.54, 1.807) is 27.2 Å². The molecule has 7 N–H and O–H groups in total. The number of allylic oxidation sites excluding steroid dienone is 2. The third kappa shape index (κ3) is 22.7. The summed E-state index contributed by atoms with van der Waals surface area (Å²) < 4.78 is 11.4. The van der Waals surface area contributed by atoms with Crippen molar-refractivity contribution in [2.75, 3.05) is 13.7 Å². The van der Waals surface area contributed by atoms with E-state index >= 15 is 0 Å². The van der Waals surface area contributed by atoms with Crippen molar-refractivity contribution in [1.29, 1.82) is 0 Å². The summed E-state index contributed by atoms with van der Waals surface area (Å²) >= 11 is 0. The van der Waals surface area contributed by atoms with Gasteiger partial charge in [-0.05, 0) is 171 Å². The van der Waals surface area contributed by atoms with Gasteiger partial charge in [0.25, 0.3) is 0 Å². The fraction of sp³-hybridized carbons (Fsp3) is 0.458. The van der Waals surface area contributed by atoms with E-state index in [0.29, 0.717) is 0 Å². The molecule has 3 aromatic carbocycles. The first-order valence-corrected chi connectivity index (χ1v) is 30.2. The average molecular weight is 1120 g/mol. The molecule has 3 aromatic heterocycles. The molecule has 10 rings (SSSR count). The number of nitrogens with zero attached hydrogens (tertiary/aromatic N) is 3. The lowest BCUT2D eigenvalue weighted by molar-refractivity contribution is 0.0710. The topological polar surface area (TPSA) is 153 Å². The molecule has 4 aliphatic carbocycles. The lowest BCUT2D eigenvalue weighted by Gasteiger charge is -2.29. The Kier molecular flexibility index (Phi) is 29.1. The van der Waals surface area contributed by atoms with Gasteiger partial charge in [-0.2, -0.15) is 0 Å². The van der Waals surface area contributed by atoms with Crippen LogP contribution in [-0.4, -0.2) is 45.4 Å². The highest BCUT2D eigenvalue weighted by molar-refractivity contribution is 5.38. The van der Waals surface area contributed by atoms with Gasteiger partial charge < -0.3 is 36.7 Å². The van der Waals surface area contributed by atoms with E-state index in [-0.39, 0.29) is 45.1 Å². The van der Waals surface area contributed by atoms with Crippen LogP contribution >= 0.6 is 0 Å². The zero-order valence-electron chi connectivity index (χ0n) is 52.9. The van der Waals surface area contributed by atoms with Crippen LogP contribution in [0.2, 0.25) is 0 Å². The molecule has 1 atom stereocenters. The number of nitrogens with one attached hydrogen (secondary N) is 2. The molecule has 0 bridgehead atoms. The zero-order chi connectivity index (χ0) is 60.9. The highest BCUT2D eigenvalue weighted by Gasteiger charge is 2.47. The number of hydrogen-bond acceptors (Lipinski definition) is 10. The Morgan fingerprint density at radius 1 is 0.683 bits per heavy atom. The van der Waals surface area contributed by atoms with Crippen LogP contribution in [0.15, 0.2) is 195 Å². The molecule has 4 aliphatic rings. The fourth-order valence-corrected chi connectivity index (χ4v) is 9.13. The lowest BCUT2D eigenvalue weighted by Crippen LogP contribution is -2.42. The largest absolute Gasteiger partial charge is 0.386 e. The maximum absolute atomic E-state index is 9.49. The molecular formula is C72H113N7O3. The number of rotatable bonds is 18. The molecule has 3 heterocycles. The number of methoxy groups -OCH3 is 1. The normalized spacial score (nSPS) is 16.5. The van der Waals surface area contributed by atoms with Crippen molar-refractivity contribution in [2.45, 2.75) is 200 Å². The number of aliphatic hydroxyl groups is 1. The van der Waals surface area contributed by atoms with E-state index in [0.717, 1.165) is 74.3 Å². The number of nitrogens with two attached hydrogens (primary N) is 2. The van der Waals surface area contributed by atoms with Crippen molar-refractivity contribution < 1.29 is 20.3 Å². The first-order valence-electron chi connectivity index (χ1n) is 30.2. The summed E-state index contributed by atoms with van der Waals surface area (Å²) in [7, 11) is 1.75. The number of aromatic nitrogens is 3. The molecule has 0 spiro atoms. The predicted octanol–water partition coefficient (Wildman–Crippen LogP) is 16.9. The van der Waals surface area contributed by atoms with Crippen molar-refractivity contribution >= 4 is 0 Å². The van der Waals surface area contributed by atoms with Gasteiger partial charge in [-0.15, -0.1) is 0 Å². The first-order chi connectivity index (χ1) is 39.2. The summed E-state index contributed by atoms with van der Waals surface area (Å²) in [5, 5.41) is 16.9. The Balaban J connectivity index is 0. The van der Waals surface area contributed by atoms with Crippen molar-refractivity contribution in [1.82, 2.24) is 25.6 Å². The molecule has 454 valence electrons. The minimum atomic E-state index is -0.707. The third-order valence-corrected chi connectivity index (χ3v) is 14.4. The second kappa shape index (κ2) is 34.0. The summed E-state index contributed by atoms with van der Waals surface area (Å²) in [5.74, 6) is 0. The number of hydrogen-bond donors (Lipinski definition) is 5. The predicted molar refractivity (Wildman–Crippen MR) is 354 cm³/mol. The Labute approximate surface area is 502 Å². The van der Waals surface area contributed by atoms with Gasteiger partial charge in [0.1, 0.15) is 5.60 Å². The van der Waals surface area contributed by atoms with Crippen molar-refractivity contribution in [2.24, 2.45) is 11.5 Å². The maximum atomic E-state index is 9.49. The molecular weight excluding hydrogens is 1010 g/mol. The summed E-state index contributed by atoms with van der Waals surface area (Å²) in [5.41, 5.74) is 20.1. The molecule has 0 radical (unpaired) electrons. The van der Waals surface area contributed by atoms with Crippen LogP contribution in [0.25, 0.3) is 0 Å². The van der Waals surface area contributed by atoms with Gasteiger partial charge in [0, 0.05) is 61.7 Å². The SMILES string of the molecule is C=C/C=C\C(=C/C(C)NC(C)(C)c1ccccn1)C1(OCC)CC1.CC.CC.CC.CC(C)(N)c1cccc(CNC2(c3ccccc3)CC2)c1.CC(C)(O)c1ccccc1.COC1(c2ccccn2)CC1.NC1(c2ccccn2)CC1.[HH].[HH].[HH].[HH]. The molecule has 1 unspecified atom stereocenters. The van der Waals surface area contributed by atoms with Gasteiger partial charge in [0.2, 0.25) is 0 Å². The summed E-state index contributed by atoms with van der Waals surface area (Å²) in [4.78, 5) is 12.9. The smallest absolute Gasteiger partial charge is 0.110 e. The van der Waals surface area contributed by atoms with Gasteiger partial charge in [0.05, 0.1) is 39.4 Å². The van der Waals surface area contributed by atoms with Gasteiger partial charge in [-0.1, -0.05) is 176 Å². The second-order valence-corrected chi connectivity index (χ2v) is 22.4. The van der Waals surface area contributed by atoms with Crippen LogP contribution in [0.4, 0.5) is 0 Å². The van der Waals surface area contributed by atoms with Crippen LogP contribution in [-0.2, 0) is 49.4 Å². The molecule has 10 nitrogen and oxygen atoms in total. The quantitative estimate of drug-likeness (QED) is 0.0526. The highest BCUT2D eigenvalue weighted by atomic mass is 16.5. The molecule has 4 fully saturated rings. The van der Waals surface area contributed by atoms with E-state index in [2.05, 4.69) is 133 Å². The molecule has 0 amide bonds. The number of pyridine rings is 3. The Morgan fingerprint density at radius 3 is 1.63 bits per heavy atom. The summed E-state index contributed by atoms with van der Waals surface area (Å²) in [6.07, 6.45) is 22.7. The Morgan fingerprint density at radius 2 is 1.21 bits per heavy atom. The number of benzene rings is 3. The molecule has 6 aromatic rings. The molecule has 4 saturated carbocycles. The molecule has 0 saturated heterocycles. The van der Waals surface area contributed by atoms with Gasteiger partial charge in [-0.3, -0.25) is 15.0 Å². The van der Waals surface area contributed by atoms with Crippen LogP contribution in [0, 0.1) is 0 Å². The fourth-order valence-electron chi connectivity index (χ4n) is 9.13. The van der Waals surface area contributed by atoms with E-state index < -0.39 is 5.60 Å². The molecule has 0 aliphatic heterocycles. The summed E-state index contributed by atoms with van der Waals surface area (Å²) in [6, 6.07) is 47.0. The van der Waals surface area contributed by atoms with E-state index in [1.165, 1.54) is 35.1 Å². The lowest BCUT2D eigenvalue weighted by atomic mass is 9.94. The van der Waals surface area contributed by atoms with Crippen LogP contribution < -0.4 is 22.1 Å². The first kappa shape index (κ1) is 70.3. The zero-order valence-corrected chi connectivity index (χ0v) is 52.9. The van der Waals surface area contributed by atoms with Crippen molar-refractivity contribution in [3.05, 3.63) is 234 Å². The van der Waals surface area contributed by atoms with Gasteiger partial charge in [0.15, 0.2) is 0 Å². The molecule has 10 heteroatoms. The van der Waals surface area contributed by atoms with E-state index in [1.807, 2.05) is 159 Å².